The monoisotopic (exact) mass is 280 g/mol. The van der Waals surface area contributed by atoms with Gasteiger partial charge in [-0.05, 0) is 50.6 Å². The molecule has 0 bridgehead atoms. The number of nitrogens with zero attached hydrogens (tertiary/aromatic N) is 1. The van der Waals surface area contributed by atoms with Gasteiger partial charge in [-0.15, -0.1) is 0 Å². The van der Waals surface area contributed by atoms with E-state index < -0.39 is 0 Å². The van der Waals surface area contributed by atoms with Crippen LogP contribution in [0.5, 0.6) is 0 Å². The summed E-state index contributed by atoms with van der Waals surface area (Å²) in [7, 11) is 1.92. The van der Waals surface area contributed by atoms with E-state index in [-0.39, 0.29) is 11.8 Å². The van der Waals surface area contributed by atoms with Gasteiger partial charge in [-0.1, -0.05) is 23.7 Å². The predicted octanol–water partition coefficient (Wildman–Crippen LogP) is 2.65. The Morgan fingerprint density at radius 3 is 2.74 bits per heavy atom. The van der Waals surface area contributed by atoms with E-state index >= 15 is 0 Å². The van der Waals surface area contributed by atoms with E-state index in [1.54, 1.807) is 0 Å². The molecular weight excluding hydrogens is 260 g/mol. The number of nitrogens with one attached hydrogen (secondary N) is 1. The number of amides is 1. The minimum absolute atomic E-state index is 0.140. The van der Waals surface area contributed by atoms with Gasteiger partial charge in [0.25, 0.3) is 0 Å². The van der Waals surface area contributed by atoms with E-state index in [9.17, 15) is 4.79 Å². The number of hydrogen-bond acceptors (Lipinski definition) is 2. The molecule has 1 aromatic rings. The van der Waals surface area contributed by atoms with E-state index in [4.69, 9.17) is 11.6 Å². The second-order valence-corrected chi connectivity index (χ2v) is 5.64. The predicted molar refractivity (Wildman–Crippen MR) is 78.5 cm³/mol. The first-order chi connectivity index (χ1) is 9.09. The van der Waals surface area contributed by atoms with Crippen LogP contribution in [0, 0.1) is 0 Å². The van der Waals surface area contributed by atoms with Gasteiger partial charge in [-0.3, -0.25) is 4.79 Å². The van der Waals surface area contributed by atoms with Crippen LogP contribution < -0.4 is 5.32 Å². The Balaban J connectivity index is 2.05. The second-order valence-electron chi connectivity index (χ2n) is 5.21. The molecule has 1 heterocycles. The van der Waals surface area contributed by atoms with Gasteiger partial charge in [0, 0.05) is 18.1 Å². The molecule has 1 N–H and O–H groups in total. The Morgan fingerprint density at radius 1 is 1.42 bits per heavy atom. The van der Waals surface area contributed by atoms with Crippen molar-refractivity contribution >= 4 is 17.5 Å². The number of carbonyl (C=O) groups excluding carboxylic acids is 1. The van der Waals surface area contributed by atoms with Crippen molar-refractivity contribution < 1.29 is 4.79 Å². The largest absolute Gasteiger partial charge is 0.342 e. The van der Waals surface area contributed by atoms with Crippen molar-refractivity contribution in [1.29, 1.82) is 0 Å². The van der Waals surface area contributed by atoms with Crippen LogP contribution in [-0.4, -0.2) is 37.0 Å². The molecular formula is C15H21ClN2O. The lowest BCUT2D eigenvalue weighted by molar-refractivity contribution is -0.133. The molecule has 0 radical (unpaired) electrons. The highest BCUT2D eigenvalue weighted by atomic mass is 35.5. The first-order valence-corrected chi connectivity index (χ1v) is 7.20. The lowest BCUT2D eigenvalue weighted by atomic mass is 9.97. The molecule has 1 aliphatic rings. The zero-order chi connectivity index (χ0) is 13.8. The summed E-state index contributed by atoms with van der Waals surface area (Å²) in [5.74, 6) is 0.0350. The lowest BCUT2D eigenvalue weighted by Gasteiger charge is -2.33. The number of halogens is 1. The number of likely N-dealkylation sites (N-methyl/N-ethyl adjacent to an activating group) is 1. The smallest absolute Gasteiger partial charge is 0.229 e. The van der Waals surface area contributed by atoms with Gasteiger partial charge in [0.2, 0.25) is 5.91 Å². The molecule has 1 fully saturated rings. The van der Waals surface area contributed by atoms with Crippen molar-refractivity contribution in [2.24, 2.45) is 0 Å². The molecule has 0 spiro atoms. The van der Waals surface area contributed by atoms with Gasteiger partial charge >= 0.3 is 0 Å². The van der Waals surface area contributed by atoms with Crippen LogP contribution in [0.1, 0.15) is 31.2 Å². The number of rotatable bonds is 3. The zero-order valence-corrected chi connectivity index (χ0v) is 12.3. The summed E-state index contributed by atoms with van der Waals surface area (Å²) < 4.78 is 0. The standard InChI is InChI=1S/C15H21ClN2O/c1-11(12-4-3-5-13(16)10-12)15(19)18(2)14-6-8-17-9-7-14/h3-5,10-11,14,17H,6-9H2,1-2H3. The van der Waals surface area contributed by atoms with Crippen LogP contribution in [-0.2, 0) is 4.79 Å². The molecule has 3 nitrogen and oxygen atoms in total. The minimum Gasteiger partial charge on any atom is -0.342 e. The third kappa shape index (κ3) is 3.48. The SMILES string of the molecule is CC(C(=O)N(C)C1CCNCC1)c1cccc(Cl)c1. The van der Waals surface area contributed by atoms with Crippen LogP contribution in [0.15, 0.2) is 24.3 Å². The van der Waals surface area contributed by atoms with Crippen LogP contribution in [0.4, 0.5) is 0 Å². The van der Waals surface area contributed by atoms with Crippen LogP contribution in [0.25, 0.3) is 0 Å². The van der Waals surface area contributed by atoms with Gasteiger partial charge in [-0.2, -0.15) is 0 Å². The van der Waals surface area contributed by atoms with Gasteiger partial charge in [0.05, 0.1) is 5.92 Å². The molecule has 1 aromatic carbocycles. The Bertz CT molecular complexity index is 444. The maximum absolute atomic E-state index is 12.5. The summed E-state index contributed by atoms with van der Waals surface area (Å²) >= 11 is 5.99. The van der Waals surface area contributed by atoms with Gasteiger partial charge in [0.1, 0.15) is 0 Å². The van der Waals surface area contributed by atoms with Crippen LogP contribution in [0.2, 0.25) is 5.02 Å². The molecule has 0 aliphatic carbocycles. The van der Waals surface area contributed by atoms with Crippen molar-refractivity contribution in [3.8, 4) is 0 Å². The summed E-state index contributed by atoms with van der Waals surface area (Å²) in [4.78, 5) is 14.4. The fraction of sp³-hybridized carbons (Fsp3) is 0.533. The number of hydrogen-bond donors (Lipinski definition) is 1. The van der Waals surface area contributed by atoms with E-state index in [1.165, 1.54) is 0 Å². The summed E-state index contributed by atoms with van der Waals surface area (Å²) in [6.07, 6.45) is 2.06. The Labute approximate surface area is 119 Å². The highest BCUT2D eigenvalue weighted by Gasteiger charge is 2.26. The molecule has 2 rings (SSSR count). The molecule has 1 saturated heterocycles. The molecule has 1 aliphatic heterocycles. The van der Waals surface area contributed by atoms with E-state index in [0.29, 0.717) is 11.1 Å². The molecule has 1 unspecified atom stereocenters. The minimum atomic E-state index is -0.140. The summed E-state index contributed by atoms with van der Waals surface area (Å²) in [6.45, 7) is 3.94. The third-order valence-electron chi connectivity index (χ3n) is 3.92. The number of piperidine rings is 1. The Kier molecular flexibility index (Phi) is 4.83. The molecule has 104 valence electrons. The highest BCUT2D eigenvalue weighted by Crippen LogP contribution is 2.23. The van der Waals surface area contributed by atoms with Crippen molar-refractivity contribution in [1.82, 2.24) is 10.2 Å². The van der Waals surface area contributed by atoms with Crippen molar-refractivity contribution in [3.63, 3.8) is 0 Å². The molecule has 0 aromatic heterocycles. The fourth-order valence-electron chi connectivity index (χ4n) is 2.60. The highest BCUT2D eigenvalue weighted by molar-refractivity contribution is 6.30. The van der Waals surface area contributed by atoms with E-state index in [0.717, 1.165) is 31.5 Å². The van der Waals surface area contributed by atoms with Crippen molar-refractivity contribution in [2.45, 2.75) is 31.7 Å². The first kappa shape index (κ1) is 14.4. The number of carbonyl (C=O) groups is 1. The van der Waals surface area contributed by atoms with Crippen molar-refractivity contribution in [3.05, 3.63) is 34.9 Å². The molecule has 1 amide bonds. The van der Waals surface area contributed by atoms with Gasteiger partial charge < -0.3 is 10.2 Å². The average molecular weight is 281 g/mol. The maximum Gasteiger partial charge on any atom is 0.229 e. The van der Waals surface area contributed by atoms with Crippen LogP contribution >= 0.6 is 11.6 Å². The Hall–Kier alpha value is -1.06. The van der Waals surface area contributed by atoms with E-state index in [2.05, 4.69) is 5.32 Å². The normalized spacial score (nSPS) is 18.1. The third-order valence-corrected chi connectivity index (χ3v) is 4.16. The second kappa shape index (κ2) is 6.40. The maximum atomic E-state index is 12.5. The Morgan fingerprint density at radius 2 is 2.11 bits per heavy atom. The molecule has 4 heteroatoms. The molecule has 19 heavy (non-hydrogen) atoms. The topological polar surface area (TPSA) is 32.3 Å². The molecule has 0 saturated carbocycles. The van der Waals surface area contributed by atoms with Crippen LogP contribution in [0.3, 0.4) is 0 Å². The quantitative estimate of drug-likeness (QED) is 0.923. The van der Waals surface area contributed by atoms with Gasteiger partial charge in [-0.25, -0.2) is 0 Å². The number of benzene rings is 1. The first-order valence-electron chi connectivity index (χ1n) is 6.82. The molecule has 1 atom stereocenters. The van der Waals surface area contributed by atoms with Crippen molar-refractivity contribution in [2.75, 3.05) is 20.1 Å². The van der Waals surface area contributed by atoms with E-state index in [1.807, 2.05) is 43.1 Å². The summed E-state index contributed by atoms with van der Waals surface area (Å²) in [5, 5.41) is 4.00. The summed E-state index contributed by atoms with van der Waals surface area (Å²) in [6, 6.07) is 7.92. The average Bonchev–Trinajstić information content (AvgIpc) is 2.46. The zero-order valence-electron chi connectivity index (χ0n) is 11.5. The fourth-order valence-corrected chi connectivity index (χ4v) is 2.80. The lowest BCUT2D eigenvalue weighted by Crippen LogP contribution is -2.45. The summed E-state index contributed by atoms with van der Waals surface area (Å²) in [5.41, 5.74) is 0.985. The van der Waals surface area contributed by atoms with Gasteiger partial charge in [0.15, 0.2) is 0 Å².